The molecule has 1 aromatic carbocycles. The first-order valence-electron chi connectivity index (χ1n) is 6.29. The zero-order valence-corrected chi connectivity index (χ0v) is 12.8. The normalized spacial score (nSPS) is 12.5. The molecule has 1 atom stereocenters. The van der Waals surface area contributed by atoms with Crippen LogP contribution < -0.4 is 10.6 Å². The summed E-state index contributed by atoms with van der Waals surface area (Å²) in [6, 6.07) is 1.45. The highest BCUT2D eigenvalue weighted by Crippen LogP contribution is 2.15. The smallest absolute Gasteiger partial charge is 0.247 e. The molecule has 0 aliphatic heterocycles. The summed E-state index contributed by atoms with van der Waals surface area (Å²) in [6.45, 7) is 1.17. The summed E-state index contributed by atoms with van der Waals surface area (Å²) < 4.78 is 48.6. The number of rotatable bonds is 6. The maximum absolute atomic E-state index is 13.5. The van der Waals surface area contributed by atoms with Gasteiger partial charge in [0, 0.05) is 19.2 Å². The average Bonchev–Trinajstić information content (AvgIpc) is 2.36. The van der Waals surface area contributed by atoms with E-state index in [0.29, 0.717) is 6.07 Å². The Bertz CT molecular complexity index is 677. The zero-order valence-electron chi connectivity index (χ0n) is 12.0. The van der Waals surface area contributed by atoms with Gasteiger partial charge in [0.2, 0.25) is 11.8 Å². The summed E-state index contributed by atoms with van der Waals surface area (Å²) in [5.74, 6) is -3.42. The van der Waals surface area contributed by atoms with E-state index >= 15 is 0 Å². The number of hydrogen-bond donors (Lipinski definition) is 2. The number of halogens is 2. The fourth-order valence-corrected chi connectivity index (χ4v) is 2.32. The molecular formula is C13H16F2N2O4S. The quantitative estimate of drug-likeness (QED) is 0.806. The van der Waals surface area contributed by atoms with Crippen LogP contribution in [0.2, 0.25) is 0 Å². The molecule has 1 aromatic rings. The van der Waals surface area contributed by atoms with E-state index in [1.54, 1.807) is 0 Å². The van der Waals surface area contributed by atoms with Gasteiger partial charge in [-0.3, -0.25) is 9.59 Å². The number of carbonyl (C=O) groups is 2. The molecule has 0 aromatic heterocycles. The number of benzene rings is 1. The molecule has 6 nitrogen and oxygen atoms in total. The van der Waals surface area contributed by atoms with Crippen molar-refractivity contribution in [1.29, 1.82) is 0 Å². The average molecular weight is 334 g/mol. The Morgan fingerprint density at radius 3 is 2.41 bits per heavy atom. The zero-order chi connectivity index (χ0) is 16.9. The van der Waals surface area contributed by atoms with Crippen molar-refractivity contribution in [3.05, 3.63) is 29.8 Å². The first-order chi connectivity index (χ1) is 10.1. The molecule has 0 saturated heterocycles. The van der Waals surface area contributed by atoms with Crippen LogP contribution in [-0.2, 0) is 19.4 Å². The SMILES string of the molecule is CC(=O)NC(CCS(C)(=O)=O)C(=O)Nc1ccc(F)cc1F. The van der Waals surface area contributed by atoms with Gasteiger partial charge in [0.15, 0.2) is 0 Å². The number of sulfone groups is 1. The lowest BCUT2D eigenvalue weighted by molar-refractivity contribution is -0.125. The van der Waals surface area contributed by atoms with Crippen LogP contribution in [0, 0.1) is 11.6 Å². The standard InChI is InChI=1S/C13H16F2N2O4S/c1-8(18)16-12(5-6-22(2,20)21)13(19)17-11-4-3-9(14)7-10(11)15/h3-4,7,12H,5-6H2,1-2H3,(H,16,18)(H,17,19). The third-order valence-corrected chi connectivity index (χ3v) is 3.64. The molecule has 0 aliphatic rings. The minimum absolute atomic E-state index is 0.160. The second kappa shape index (κ2) is 7.30. The predicted molar refractivity (Wildman–Crippen MR) is 76.9 cm³/mol. The molecule has 0 bridgehead atoms. The number of hydrogen-bond acceptors (Lipinski definition) is 4. The van der Waals surface area contributed by atoms with Crippen molar-refractivity contribution < 1.29 is 26.8 Å². The topological polar surface area (TPSA) is 92.3 Å². The van der Waals surface area contributed by atoms with Crippen LogP contribution in [0.5, 0.6) is 0 Å². The van der Waals surface area contributed by atoms with Crippen LogP contribution in [0.1, 0.15) is 13.3 Å². The van der Waals surface area contributed by atoms with Crippen LogP contribution in [0.15, 0.2) is 18.2 Å². The molecule has 2 amide bonds. The van der Waals surface area contributed by atoms with Gasteiger partial charge < -0.3 is 10.6 Å². The van der Waals surface area contributed by atoms with Gasteiger partial charge in [-0.25, -0.2) is 17.2 Å². The lowest BCUT2D eigenvalue weighted by atomic mass is 10.2. The minimum Gasteiger partial charge on any atom is -0.345 e. The Balaban J connectivity index is 2.84. The van der Waals surface area contributed by atoms with Gasteiger partial charge in [-0.15, -0.1) is 0 Å². The largest absolute Gasteiger partial charge is 0.345 e. The molecule has 0 radical (unpaired) electrons. The van der Waals surface area contributed by atoms with Gasteiger partial charge in [0.25, 0.3) is 0 Å². The number of carbonyl (C=O) groups excluding carboxylic acids is 2. The lowest BCUT2D eigenvalue weighted by Crippen LogP contribution is -2.44. The van der Waals surface area contributed by atoms with Crippen LogP contribution in [-0.4, -0.2) is 38.3 Å². The van der Waals surface area contributed by atoms with Crippen molar-refractivity contribution in [2.24, 2.45) is 0 Å². The summed E-state index contributed by atoms with van der Waals surface area (Å²) in [4.78, 5) is 23.1. The van der Waals surface area contributed by atoms with E-state index in [1.807, 2.05) is 0 Å². The third kappa shape index (κ3) is 6.17. The number of anilines is 1. The van der Waals surface area contributed by atoms with Gasteiger partial charge in [0.1, 0.15) is 27.5 Å². The number of nitrogens with one attached hydrogen (secondary N) is 2. The van der Waals surface area contributed by atoms with Crippen LogP contribution in [0.25, 0.3) is 0 Å². The minimum atomic E-state index is -3.33. The molecular weight excluding hydrogens is 318 g/mol. The monoisotopic (exact) mass is 334 g/mol. The lowest BCUT2D eigenvalue weighted by Gasteiger charge is -2.17. The summed E-state index contributed by atoms with van der Waals surface area (Å²) >= 11 is 0. The van der Waals surface area contributed by atoms with E-state index in [4.69, 9.17) is 0 Å². The van der Waals surface area contributed by atoms with Crippen molar-refractivity contribution in [3.63, 3.8) is 0 Å². The highest BCUT2D eigenvalue weighted by Gasteiger charge is 2.22. The second-order valence-corrected chi connectivity index (χ2v) is 7.04. The maximum Gasteiger partial charge on any atom is 0.247 e. The first-order valence-corrected chi connectivity index (χ1v) is 8.35. The first kappa shape index (κ1) is 18.0. The van der Waals surface area contributed by atoms with Crippen molar-refractivity contribution in [2.45, 2.75) is 19.4 Å². The molecule has 0 saturated carbocycles. The fraction of sp³-hybridized carbons (Fsp3) is 0.385. The molecule has 0 heterocycles. The summed E-state index contributed by atoms with van der Waals surface area (Å²) in [5, 5.41) is 4.48. The van der Waals surface area contributed by atoms with Crippen LogP contribution in [0.3, 0.4) is 0 Å². The van der Waals surface area contributed by atoms with E-state index in [1.165, 1.54) is 6.92 Å². The van der Waals surface area contributed by atoms with Gasteiger partial charge in [-0.2, -0.15) is 0 Å². The van der Waals surface area contributed by atoms with E-state index < -0.39 is 39.3 Å². The number of amides is 2. The highest BCUT2D eigenvalue weighted by molar-refractivity contribution is 7.90. The summed E-state index contributed by atoms with van der Waals surface area (Å²) in [6.07, 6.45) is 0.836. The molecule has 0 aliphatic carbocycles. The molecule has 0 fully saturated rings. The molecule has 1 rings (SSSR count). The van der Waals surface area contributed by atoms with Crippen LogP contribution >= 0.6 is 0 Å². The van der Waals surface area contributed by atoms with Gasteiger partial charge in [-0.05, 0) is 18.6 Å². The molecule has 122 valence electrons. The Morgan fingerprint density at radius 2 is 1.91 bits per heavy atom. The Kier molecular flexibility index (Phi) is 5.98. The molecule has 0 spiro atoms. The molecule has 2 N–H and O–H groups in total. The Labute approximate surface area is 126 Å². The predicted octanol–water partition coefficient (Wildman–Crippen LogP) is 0.843. The van der Waals surface area contributed by atoms with Crippen molar-refractivity contribution in [2.75, 3.05) is 17.3 Å². The Morgan fingerprint density at radius 1 is 1.27 bits per heavy atom. The molecule has 9 heteroatoms. The molecule has 22 heavy (non-hydrogen) atoms. The van der Waals surface area contributed by atoms with Crippen molar-refractivity contribution in [1.82, 2.24) is 5.32 Å². The van der Waals surface area contributed by atoms with E-state index in [2.05, 4.69) is 10.6 Å². The van der Waals surface area contributed by atoms with E-state index in [0.717, 1.165) is 18.4 Å². The van der Waals surface area contributed by atoms with Gasteiger partial charge in [-0.1, -0.05) is 0 Å². The van der Waals surface area contributed by atoms with E-state index in [9.17, 15) is 26.8 Å². The van der Waals surface area contributed by atoms with Crippen molar-refractivity contribution >= 4 is 27.3 Å². The second-order valence-electron chi connectivity index (χ2n) is 4.79. The summed E-state index contributed by atoms with van der Waals surface area (Å²) in [5.41, 5.74) is -0.263. The summed E-state index contributed by atoms with van der Waals surface area (Å²) in [7, 11) is -3.33. The third-order valence-electron chi connectivity index (χ3n) is 2.66. The van der Waals surface area contributed by atoms with E-state index in [-0.39, 0.29) is 17.9 Å². The Hall–Kier alpha value is -2.03. The van der Waals surface area contributed by atoms with Gasteiger partial charge in [0.05, 0.1) is 11.4 Å². The van der Waals surface area contributed by atoms with Crippen LogP contribution in [0.4, 0.5) is 14.5 Å². The fourth-order valence-electron chi connectivity index (χ4n) is 1.66. The highest BCUT2D eigenvalue weighted by atomic mass is 32.2. The maximum atomic E-state index is 13.5. The van der Waals surface area contributed by atoms with Gasteiger partial charge >= 0.3 is 0 Å². The van der Waals surface area contributed by atoms with Crippen molar-refractivity contribution in [3.8, 4) is 0 Å². The molecule has 1 unspecified atom stereocenters.